The highest BCUT2D eigenvalue weighted by Crippen LogP contribution is 2.27. The van der Waals surface area contributed by atoms with E-state index in [2.05, 4.69) is 24.3 Å². The number of nitrogens with one attached hydrogen (secondary N) is 1. The molecule has 2 aromatic heterocycles. The minimum atomic E-state index is 0.160. The topological polar surface area (TPSA) is 51.2 Å². The summed E-state index contributed by atoms with van der Waals surface area (Å²) in [5.41, 5.74) is 2.12. The summed E-state index contributed by atoms with van der Waals surface area (Å²) in [5, 5.41) is 7.62. The second-order valence-corrected chi connectivity index (χ2v) is 5.04. The fraction of sp³-hybridized carbons (Fsp3) is 0.533. The molecule has 0 radical (unpaired) electrons. The second kappa shape index (κ2) is 5.61. The van der Waals surface area contributed by atoms with Gasteiger partial charge in [-0.1, -0.05) is 12.1 Å². The van der Waals surface area contributed by atoms with Crippen molar-refractivity contribution in [1.29, 1.82) is 0 Å². The van der Waals surface area contributed by atoms with Crippen LogP contribution < -0.4 is 5.32 Å². The molecule has 0 spiro atoms. The molecule has 0 aliphatic carbocycles. The van der Waals surface area contributed by atoms with E-state index in [1.165, 1.54) is 0 Å². The van der Waals surface area contributed by atoms with Crippen LogP contribution in [0.15, 0.2) is 21.1 Å². The van der Waals surface area contributed by atoms with Gasteiger partial charge in [-0.2, -0.15) is 0 Å². The summed E-state index contributed by atoms with van der Waals surface area (Å²) in [6.45, 7) is 10.2. The Morgan fingerprint density at radius 2 is 2.00 bits per heavy atom. The van der Waals surface area contributed by atoms with Crippen molar-refractivity contribution in [3.05, 3.63) is 40.7 Å². The van der Waals surface area contributed by atoms with Gasteiger partial charge in [-0.25, -0.2) is 0 Å². The smallest absolute Gasteiger partial charge is 0.138 e. The molecule has 2 heterocycles. The predicted molar refractivity (Wildman–Crippen MR) is 74.0 cm³/mol. The predicted octanol–water partition coefficient (Wildman–Crippen LogP) is 3.99. The molecular weight excluding hydrogens is 240 g/mol. The molecule has 2 rings (SSSR count). The van der Waals surface area contributed by atoms with Crippen LogP contribution in [0.25, 0.3) is 0 Å². The monoisotopic (exact) mass is 262 g/mol. The summed E-state index contributed by atoms with van der Waals surface area (Å²) in [6.07, 6.45) is 0.979. The van der Waals surface area contributed by atoms with Crippen LogP contribution in [0.5, 0.6) is 0 Å². The molecule has 0 aromatic carbocycles. The standard InChI is InChI=1S/C15H22N2O2/c1-6-13(15-11(4)17-19-12(15)5)16-10(3)14-8-7-9(2)18-14/h7-8,10,13,16H,6H2,1-5H3/t10-,13-/m0/s1. The zero-order valence-corrected chi connectivity index (χ0v) is 12.3. The van der Waals surface area contributed by atoms with Gasteiger partial charge in [0.15, 0.2) is 0 Å². The highest BCUT2D eigenvalue weighted by atomic mass is 16.5. The molecule has 0 unspecified atom stereocenters. The molecular formula is C15H22N2O2. The Bertz CT molecular complexity index is 523. The minimum absolute atomic E-state index is 0.160. The van der Waals surface area contributed by atoms with E-state index in [0.717, 1.165) is 35.0 Å². The van der Waals surface area contributed by atoms with Crippen LogP contribution >= 0.6 is 0 Å². The van der Waals surface area contributed by atoms with Gasteiger partial charge in [0, 0.05) is 11.6 Å². The average Bonchev–Trinajstić information content (AvgIpc) is 2.94. The summed E-state index contributed by atoms with van der Waals surface area (Å²) in [7, 11) is 0. The van der Waals surface area contributed by atoms with E-state index in [0.29, 0.717) is 0 Å². The maximum atomic E-state index is 5.67. The van der Waals surface area contributed by atoms with Crippen molar-refractivity contribution in [2.75, 3.05) is 0 Å². The summed E-state index contributed by atoms with van der Waals surface area (Å²) in [5.74, 6) is 2.79. The minimum Gasteiger partial charge on any atom is -0.465 e. The van der Waals surface area contributed by atoms with Crippen molar-refractivity contribution in [3.63, 3.8) is 0 Å². The zero-order valence-electron chi connectivity index (χ0n) is 12.3. The van der Waals surface area contributed by atoms with E-state index < -0.39 is 0 Å². The lowest BCUT2D eigenvalue weighted by atomic mass is 10.0. The molecule has 0 aliphatic rings. The number of furan rings is 1. The van der Waals surface area contributed by atoms with Crippen LogP contribution in [0.2, 0.25) is 0 Å². The zero-order chi connectivity index (χ0) is 14.0. The van der Waals surface area contributed by atoms with E-state index in [1.54, 1.807) is 0 Å². The second-order valence-electron chi connectivity index (χ2n) is 5.04. The SMILES string of the molecule is CC[C@H](N[C@@H](C)c1ccc(C)o1)c1c(C)noc1C. The molecule has 104 valence electrons. The van der Waals surface area contributed by atoms with Gasteiger partial charge in [-0.3, -0.25) is 0 Å². The fourth-order valence-electron chi connectivity index (χ4n) is 2.46. The number of aryl methyl sites for hydroxylation is 3. The number of nitrogens with zero attached hydrogens (tertiary/aromatic N) is 1. The Hall–Kier alpha value is -1.55. The maximum Gasteiger partial charge on any atom is 0.138 e. The molecule has 2 atom stereocenters. The quantitative estimate of drug-likeness (QED) is 0.885. The normalized spacial score (nSPS) is 14.6. The van der Waals surface area contributed by atoms with Gasteiger partial charge in [0.05, 0.1) is 11.7 Å². The molecule has 0 saturated carbocycles. The van der Waals surface area contributed by atoms with Crippen LogP contribution in [-0.2, 0) is 0 Å². The third-order valence-corrected chi connectivity index (χ3v) is 3.48. The molecule has 4 heteroatoms. The number of hydrogen-bond acceptors (Lipinski definition) is 4. The van der Waals surface area contributed by atoms with Gasteiger partial charge >= 0.3 is 0 Å². The summed E-state index contributed by atoms with van der Waals surface area (Å²) >= 11 is 0. The molecule has 1 N–H and O–H groups in total. The van der Waals surface area contributed by atoms with E-state index in [1.807, 2.05) is 32.9 Å². The average molecular weight is 262 g/mol. The van der Waals surface area contributed by atoms with Crippen LogP contribution in [-0.4, -0.2) is 5.16 Å². The third-order valence-electron chi connectivity index (χ3n) is 3.48. The number of aromatic nitrogens is 1. The van der Waals surface area contributed by atoms with E-state index in [4.69, 9.17) is 8.94 Å². The van der Waals surface area contributed by atoms with Gasteiger partial charge in [-0.05, 0) is 46.2 Å². The van der Waals surface area contributed by atoms with Gasteiger partial charge in [0.1, 0.15) is 17.3 Å². The van der Waals surface area contributed by atoms with Gasteiger partial charge in [-0.15, -0.1) is 0 Å². The Kier molecular flexibility index (Phi) is 4.10. The lowest BCUT2D eigenvalue weighted by molar-refractivity contribution is 0.369. The van der Waals surface area contributed by atoms with Crippen LogP contribution in [0, 0.1) is 20.8 Å². The number of rotatable bonds is 5. The Labute approximate surface area is 114 Å². The Morgan fingerprint density at radius 1 is 1.26 bits per heavy atom. The van der Waals surface area contributed by atoms with Crippen molar-refractivity contribution >= 4 is 0 Å². The first kappa shape index (κ1) is 13.9. The van der Waals surface area contributed by atoms with Crippen molar-refractivity contribution in [3.8, 4) is 0 Å². The molecule has 0 amide bonds. The first-order valence-electron chi connectivity index (χ1n) is 6.78. The first-order valence-corrected chi connectivity index (χ1v) is 6.78. The first-order chi connectivity index (χ1) is 9.02. The van der Waals surface area contributed by atoms with E-state index in [9.17, 15) is 0 Å². The Balaban J connectivity index is 2.16. The summed E-state index contributed by atoms with van der Waals surface area (Å²) < 4.78 is 10.9. The van der Waals surface area contributed by atoms with E-state index >= 15 is 0 Å². The molecule has 2 aromatic rings. The lowest BCUT2D eigenvalue weighted by Crippen LogP contribution is -2.24. The fourth-order valence-corrected chi connectivity index (χ4v) is 2.46. The third kappa shape index (κ3) is 2.89. The van der Waals surface area contributed by atoms with Gasteiger partial charge in [0.2, 0.25) is 0 Å². The lowest BCUT2D eigenvalue weighted by Gasteiger charge is -2.21. The van der Waals surface area contributed by atoms with Crippen LogP contribution in [0.3, 0.4) is 0 Å². The Morgan fingerprint density at radius 3 is 2.47 bits per heavy atom. The van der Waals surface area contributed by atoms with Crippen molar-refractivity contribution in [1.82, 2.24) is 10.5 Å². The molecule has 0 aliphatic heterocycles. The van der Waals surface area contributed by atoms with E-state index in [-0.39, 0.29) is 12.1 Å². The number of hydrogen-bond donors (Lipinski definition) is 1. The largest absolute Gasteiger partial charge is 0.465 e. The molecule has 19 heavy (non-hydrogen) atoms. The summed E-state index contributed by atoms with van der Waals surface area (Å²) in [4.78, 5) is 0. The van der Waals surface area contributed by atoms with Gasteiger partial charge < -0.3 is 14.3 Å². The molecule has 4 nitrogen and oxygen atoms in total. The molecule has 0 bridgehead atoms. The van der Waals surface area contributed by atoms with Crippen LogP contribution in [0.1, 0.15) is 60.9 Å². The molecule has 0 saturated heterocycles. The van der Waals surface area contributed by atoms with Crippen molar-refractivity contribution in [2.24, 2.45) is 0 Å². The van der Waals surface area contributed by atoms with Crippen molar-refractivity contribution in [2.45, 2.75) is 53.1 Å². The highest BCUT2D eigenvalue weighted by molar-refractivity contribution is 5.25. The van der Waals surface area contributed by atoms with Crippen LogP contribution in [0.4, 0.5) is 0 Å². The summed E-state index contributed by atoms with van der Waals surface area (Å²) in [6, 6.07) is 4.40. The van der Waals surface area contributed by atoms with Gasteiger partial charge in [0.25, 0.3) is 0 Å². The highest BCUT2D eigenvalue weighted by Gasteiger charge is 2.21. The molecule has 0 fully saturated rings. The maximum absolute atomic E-state index is 5.67. The van der Waals surface area contributed by atoms with Crippen molar-refractivity contribution < 1.29 is 8.94 Å².